The van der Waals surface area contributed by atoms with Gasteiger partial charge >= 0.3 is 0 Å². The zero-order valence-corrected chi connectivity index (χ0v) is 17.2. The first-order valence-electron chi connectivity index (χ1n) is 10.1. The average Bonchev–Trinajstić information content (AvgIpc) is 3.23. The highest BCUT2D eigenvalue weighted by Crippen LogP contribution is 2.17. The van der Waals surface area contributed by atoms with Gasteiger partial charge in [0.25, 0.3) is 5.91 Å². The van der Waals surface area contributed by atoms with Crippen molar-refractivity contribution in [1.29, 1.82) is 0 Å². The van der Waals surface area contributed by atoms with E-state index in [1.165, 1.54) is 5.56 Å². The van der Waals surface area contributed by atoms with Gasteiger partial charge in [-0.15, -0.1) is 0 Å². The summed E-state index contributed by atoms with van der Waals surface area (Å²) in [5.41, 5.74) is 2.99. The van der Waals surface area contributed by atoms with Crippen LogP contribution in [0.3, 0.4) is 0 Å². The summed E-state index contributed by atoms with van der Waals surface area (Å²) in [6, 6.07) is 17.9. The number of likely N-dealkylation sites (tertiary alicyclic amines) is 1. The number of hydrogen-bond acceptors (Lipinski definition) is 3. The summed E-state index contributed by atoms with van der Waals surface area (Å²) in [4.78, 5) is 18.4. The number of carbonyl (C=O) groups excluding carboxylic acids is 1. The molecule has 1 saturated heterocycles. The number of hydrogen-bond donors (Lipinski definition) is 2. The third kappa shape index (κ3) is 6.06. The minimum Gasteiger partial charge on any atom is -0.376 e. The second-order valence-electron chi connectivity index (χ2n) is 7.28. The van der Waals surface area contributed by atoms with Crippen LogP contribution in [-0.2, 0) is 17.9 Å². The van der Waals surface area contributed by atoms with Crippen LogP contribution >= 0.6 is 0 Å². The Kier molecular flexibility index (Phi) is 7.64. The lowest BCUT2D eigenvalue weighted by atomic mass is 10.1. The van der Waals surface area contributed by atoms with E-state index in [1.807, 2.05) is 49.5 Å². The van der Waals surface area contributed by atoms with Gasteiger partial charge in [0, 0.05) is 45.2 Å². The quantitative estimate of drug-likeness (QED) is 0.560. The van der Waals surface area contributed by atoms with E-state index in [-0.39, 0.29) is 5.91 Å². The summed E-state index contributed by atoms with van der Waals surface area (Å²) in [5, 5.41) is 6.06. The van der Waals surface area contributed by atoms with Gasteiger partial charge in [0.15, 0.2) is 5.96 Å². The molecule has 29 heavy (non-hydrogen) atoms. The minimum absolute atomic E-state index is 0.0714. The third-order valence-corrected chi connectivity index (χ3v) is 5.16. The van der Waals surface area contributed by atoms with Crippen LogP contribution in [0.5, 0.6) is 0 Å². The predicted molar refractivity (Wildman–Crippen MR) is 116 cm³/mol. The molecule has 6 heteroatoms. The van der Waals surface area contributed by atoms with E-state index in [9.17, 15) is 4.79 Å². The van der Waals surface area contributed by atoms with E-state index in [2.05, 4.69) is 32.7 Å². The maximum Gasteiger partial charge on any atom is 0.251 e. The largest absolute Gasteiger partial charge is 0.376 e. The molecule has 2 aromatic rings. The van der Waals surface area contributed by atoms with Gasteiger partial charge in [0.1, 0.15) is 0 Å². The lowest BCUT2D eigenvalue weighted by Gasteiger charge is -2.22. The summed E-state index contributed by atoms with van der Waals surface area (Å²) in [5.74, 6) is 1.35. The zero-order chi connectivity index (χ0) is 20.5. The first kappa shape index (κ1) is 20.9. The number of rotatable bonds is 7. The number of aliphatic imine (C=N–C) groups is 1. The van der Waals surface area contributed by atoms with Crippen LogP contribution in [0.2, 0.25) is 0 Å². The minimum atomic E-state index is -0.0714. The second kappa shape index (κ2) is 10.6. The van der Waals surface area contributed by atoms with E-state index < -0.39 is 0 Å². The average molecular weight is 395 g/mol. The van der Waals surface area contributed by atoms with E-state index >= 15 is 0 Å². The van der Waals surface area contributed by atoms with E-state index in [0.29, 0.717) is 24.6 Å². The first-order valence-corrected chi connectivity index (χ1v) is 10.1. The lowest BCUT2D eigenvalue weighted by Crippen LogP contribution is -2.39. The Hall–Kier alpha value is -2.86. The summed E-state index contributed by atoms with van der Waals surface area (Å²) < 4.78 is 5.91. The van der Waals surface area contributed by atoms with Crippen molar-refractivity contribution in [1.82, 2.24) is 15.5 Å². The molecule has 1 amide bonds. The lowest BCUT2D eigenvalue weighted by molar-refractivity contribution is 0.0906. The molecule has 0 radical (unpaired) electrons. The molecular weight excluding hydrogens is 364 g/mol. The van der Waals surface area contributed by atoms with Crippen molar-refractivity contribution in [3.8, 4) is 0 Å². The molecule has 0 bridgehead atoms. The van der Waals surface area contributed by atoms with Crippen LogP contribution in [0.25, 0.3) is 0 Å². The van der Waals surface area contributed by atoms with Crippen LogP contribution in [0.4, 0.5) is 0 Å². The van der Waals surface area contributed by atoms with Gasteiger partial charge in [0.05, 0.1) is 13.2 Å². The Morgan fingerprint density at radius 1 is 1.14 bits per heavy atom. The summed E-state index contributed by atoms with van der Waals surface area (Å²) in [7, 11) is 3.45. The maximum absolute atomic E-state index is 11.6. The monoisotopic (exact) mass is 394 g/mol. The molecule has 1 heterocycles. The fourth-order valence-corrected chi connectivity index (χ4v) is 3.51. The Bertz CT molecular complexity index is 805. The molecule has 0 spiro atoms. The van der Waals surface area contributed by atoms with Crippen molar-refractivity contribution in [2.75, 3.05) is 33.8 Å². The Morgan fingerprint density at radius 3 is 2.59 bits per heavy atom. The number of benzene rings is 2. The fraction of sp³-hybridized carbons (Fsp3) is 0.391. The van der Waals surface area contributed by atoms with Gasteiger partial charge in [-0.05, 0) is 29.7 Å². The zero-order valence-electron chi connectivity index (χ0n) is 17.2. The van der Waals surface area contributed by atoms with Crippen molar-refractivity contribution in [3.05, 3.63) is 71.3 Å². The van der Waals surface area contributed by atoms with Crippen molar-refractivity contribution in [2.24, 2.45) is 10.9 Å². The summed E-state index contributed by atoms with van der Waals surface area (Å²) in [6.45, 7) is 4.03. The molecular formula is C23H30N4O2. The second-order valence-corrected chi connectivity index (χ2v) is 7.28. The topological polar surface area (TPSA) is 66.0 Å². The molecule has 6 nitrogen and oxygen atoms in total. The van der Waals surface area contributed by atoms with Crippen LogP contribution in [0.15, 0.2) is 59.6 Å². The smallest absolute Gasteiger partial charge is 0.251 e. The van der Waals surface area contributed by atoms with E-state index in [4.69, 9.17) is 4.74 Å². The molecule has 1 atom stereocenters. The van der Waals surface area contributed by atoms with Gasteiger partial charge in [-0.3, -0.25) is 9.79 Å². The molecule has 2 N–H and O–H groups in total. The van der Waals surface area contributed by atoms with Crippen molar-refractivity contribution >= 4 is 11.9 Å². The standard InChI is InChI=1S/C23H30N4O2/c1-24-22(28)21-10-8-18(9-11-21)14-26-23(25-2)27-13-12-20(15-27)17-29-16-19-6-4-3-5-7-19/h3-11,20H,12-17H2,1-2H3,(H,24,28)(H,25,26). The number of carbonyl (C=O) groups is 1. The molecule has 0 saturated carbocycles. The van der Waals surface area contributed by atoms with E-state index in [1.54, 1.807) is 7.05 Å². The third-order valence-electron chi connectivity index (χ3n) is 5.16. The number of nitrogens with zero attached hydrogens (tertiary/aromatic N) is 2. The van der Waals surface area contributed by atoms with Gasteiger partial charge in [0.2, 0.25) is 0 Å². The molecule has 1 aliphatic heterocycles. The van der Waals surface area contributed by atoms with Crippen LogP contribution in [0.1, 0.15) is 27.9 Å². The molecule has 0 aromatic heterocycles. The fourth-order valence-electron chi connectivity index (χ4n) is 3.51. The molecule has 1 unspecified atom stereocenters. The molecule has 1 aliphatic rings. The Morgan fingerprint density at radius 2 is 1.90 bits per heavy atom. The number of guanidine groups is 1. The van der Waals surface area contributed by atoms with E-state index in [0.717, 1.165) is 37.6 Å². The highest BCUT2D eigenvalue weighted by Gasteiger charge is 2.24. The van der Waals surface area contributed by atoms with Gasteiger partial charge < -0.3 is 20.3 Å². The normalized spacial score (nSPS) is 16.7. The number of nitrogens with one attached hydrogen (secondary N) is 2. The molecule has 154 valence electrons. The first-order chi connectivity index (χ1) is 14.2. The molecule has 2 aromatic carbocycles. The van der Waals surface area contributed by atoms with Crippen molar-refractivity contribution < 1.29 is 9.53 Å². The summed E-state index contributed by atoms with van der Waals surface area (Å²) >= 11 is 0. The summed E-state index contributed by atoms with van der Waals surface area (Å²) in [6.07, 6.45) is 1.11. The van der Waals surface area contributed by atoms with Gasteiger partial charge in [-0.25, -0.2) is 0 Å². The van der Waals surface area contributed by atoms with Gasteiger partial charge in [-0.2, -0.15) is 0 Å². The van der Waals surface area contributed by atoms with Crippen LogP contribution in [0, 0.1) is 5.92 Å². The van der Waals surface area contributed by atoms with Gasteiger partial charge in [-0.1, -0.05) is 42.5 Å². The van der Waals surface area contributed by atoms with Crippen LogP contribution in [-0.4, -0.2) is 50.6 Å². The van der Waals surface area contributed by atoms with Crippen molar-refractivity contribution in [2.45, 2.75) is 19.6 Å². The highest BCUT2D eigenvalue weighted by atomic mass is 16.5. The molecule has 0 aliphatic carbocycles. The SMILES string of the molecule is CN=C(NCc1ccc(C(=O)NC)cc1)N1CCC(COCc2ccccc2)C1. The Balaban J connectivity index is 1.43. The highest BCUT2D eigenvalue weighted by molar-refractivity contribution is 5.93. The predicted octanol–water partition coefficient (Wildman–Crippen LogP) is 2.66. The Labute approximate surface area is 173 Å². The van der Waals surface area contributed by atoms with Crippen molar-refractivity contribution in [3.63, 3.8) is 0 Å². The number of amides is 1. The van der Waals surface area contributed by atoms with Crippen LogP contribution < -0.4 is 10.6 Å². The number of ether oxygens (including phenoxy) is 1. The maximum atomic E-state index is 11.6. The molecule has 1 fully saturated rings. The molecule has 3 rings (SSSR count).